The zero-order chi connectivity index (χ0) is 12.1. The molecule has 0 spiro atoms. The summed E-state index contributed by atoms with van der Waals surface area (Å²) in [5.74, 6) is 0.843. The molecule has 0 aromatic heterocycles. The van der Waals surface area contributed by atoms with E-state index >= 15 is 0 Å². The van der Waals surface area contributed by atoms with E-state index in [4.69, 9.17) is 0 Å². The molecule has 2 fully saturated rings. The second kappa shape index (κ2) is 6.87. The van der Waals surface area contributed by atoms with Crippen LogP contribution in [0, 0.1) is 5.92 Å². The molecule has 2 rings (SSSR count). The maximum absolute atomic E-state index is 9.28. The lowest BCUT2D eigenvalue weighted by molar-refractivity contribution is 0.332. The second-order valence-corrected chi connectivity index (χ2v) is 7.36. The fraction of sp³-hybridized carbons (Fsp3) is 0.929. The van der Waals surface area contributed by atoms with Crippen molar-refractivity contribution in [3.63, 3.8) is 0 Å². The van der Waals surface area contributed by atoms with Crippen molar-refractivity contribution in [1.82, 2.24) is 5.32 Å². The van der Waals surface area contributed by atoms with Crippen molar-refractivity contribution in [2.75, 3.05) is 6.16 Å². The lowest BCUT2D eigenvalue weighted by Gasteiger charge is -2.26. The van der Waals surface area contributed by atoms with Crippen molar-refractivity contribution < 1.29 is 4.89 Å². The van der Waals surface area contributed by atoms with Crippen LogP contribution < -0.4 is 5.32 Å². The molecule has 17 heavy (non-hydrogen) atoms. The summed E-state index contributed by atoms with van der Waals surface area (Å²) in [6.45, 7) is 0. The molecule has 3 unspecified atom stereocenters. The minimum atomic E-state index is -0.918. The SMILES string of the molecule is C=[P+](O)CCC1CCC(NC2CCCCC2)C1. The Morgan fingerprint density at radius 3 is 2.53 bits per heavy atom. The molecule has 3 heteroatoms. The Labute approximate surface area is 107 Å². The average Bonchev–Trinajstić information content (AvgIpc) is 2.75. The zero-order valence-corrected chi connectivity index (χ0v) is 11.8. The van der Waals surface area contributed by atoms with Crippen molar-refractivity contribution in [1.29, 1.82) is 0 Å². The highest BCUT2D eigenvalue weighted by molar-refractivity contribution is 7.49. The molecule has 2 saturated carbocycles. The maximum atomic E-state index is 9.28. The van der Waals surface area contributed by atoms with E-state index in [1.54, 1.807) is 0 Å². The Hall–Kier alpha value is 0.0900. The van der Waals surface area contributed by atoms with Gasteiger partial charge in [0.15, 0.2) is 0 Å². The number of hydrogen-bond acceptors (Lipinski definition) is 2. The van der Waals surface area contributed by atoms with Gasteiger partial charge in [-0.15, -0.1) is 0 Å². The summed E-state index contributed by atoms with van der Waals surface area (Å²) in [4.78, 5) is 9.28. The molecular weight excluding hydrogens is 229 g/mol. The van der Waals surface area contributed by atoms with E-state index in [2.05, 4.69) is 11.6 Å². The summed E-state index contributed by atoms with van der Waals surface area (Å²) in [5.41, 5.74) is 0. The molecule has 98 valence electrons. The highest BCUT2D eigenvalue weighted by atomic mass is 31.1. The van der Waals surface area contributed by atoms with E-state index < -0.39 is 7.77 Å². The molecule has 2 N–H and O–H groups in total. The third-order valence-electron chi connectivity index (χ3n) is 4.41. The third-order valence-corrected chi connectivity index (χ3v) is 5.19. The van der Waals surface area contributed by atoms with Crippen LogP contribution in [0.4, 0.5) is 0 Å². The molecule has 2 aliphatic rings. The van der Waals surface area contributed by atoms with E-state index in [1.165, 1.54) is 57.8 Å². The third kappa shape index (κ3) is 4.69. The molecule has 0 aromatic rings. The Bertz CT molecular complexity index is 251. The molecule has 0 aliphatic heterocycles. The molecule has 0 aromatic carbocycles. The fourth-order valence-electron chi connectivity index (χ4n) is 3.42. The van der Waals surface area contributed by atoms with Crippen LogP contribution in [0.1, 0.15) is 57.8 Å². The molecule has 0 amide bonds. The number of rotatable bonds is 5. The van der Waals surface area contributed by atoms with Gasteiger partial charge < -0.3 is 5.32 Å². The molecule has 2 aliphatic carbocycles. The highest BCUT2D eigenvalue weighted by Gasteiger charge is 2.27. The van der Waals surface area contributed by atoms with Crippen LogP contribution in [-0.4, -0.2) is 29.4 Å². The van der Waals surface area contributed by atoms with Gasteiger partial charge in [0.1, 0.15) is 12.5 Å². The normalized spacial score (nSPS) is 31.7. The van der Waals surface area contributed by atoms with Gasteiger partial charge in [-0.25, -0.2) is 0 Å². The minimum Gasteiger partial charge on any atom is -0.311 e. The summed E-state index contributed by atoms with van der Waals surface area (Å²) < 4.78 is 0. The first kappa shape index (κ1) is 13.5. The average molecular weight is 256 g/mol. The van der Waals surface area contributed by atoms with Crippen LogP contribution in [0.2, 0.25) is 0 Å². The Kier molecular flexibility index (Phi) is 5.47. The van der Waals surface area contributed by atoms with Crippen molar-refractivity contribution in [3.8, 4) is 0 Å². The van der Waals surface area contributed by atoms with Crippen LogP contribution in [0.15, 0.2) is 0 Å². The Morgan fingerprint density at radius 1 is 1.06 bits per heavy atom. The summed E-state index contributed by atoms with van der Waals surface area (Å²) in [5, 5.41) is 3.86. The van der Waals surface area contributed by atoms with Crippen molar-refractivity contribution in [2.45, 2.75) is 69.9 Å². The Morgan fingerprint density at radius 2 is 1.82 bits per heavy atom. The van der Waals surface area contributed by atoms with E-state index in [0.717, 1.165) is 24.2 Å². The van der Waals surface area contributed by atoms with E-state index in [1.807, 2.05) is 0 Å². The topological polar surface area (TPSA) is 32.3 Å². The molecule has 0 radical (unpaired) electrons. The van der Waals surface area contributed by atoms with Gasteiger partial charge in [0.25, 0.3) is 0 Å². The predicted molar refractivity (Wildman–Crippen MR) is 76.9 cm³/mol. The lowest BCUT2D eigenvalue weighted by Crippen LogP contribution is -2.38. The summed E-state index contributed by atoms with van der Waals surface area (Å²) in [6, 6.07) is 1.56. The van der Waals surface area contributed by atoms with Gasteiger partial charge >= 0.3 is 0 Å². The quantitative estimate of drug-likeness (QED) is 0.740. The van der Waals surface area contributed by atoms with Crippen molar-refractivity contribution in [2.24, 2.45) is 5.92 Å². The molecule has 3 atom stereocenters. The lowest BCUT2D eigenvalue weighted by atomic mass is 9.94. The maximum Gasteiger partial charge on any atom is 0.243 e. The van der Waals surface area contributed by atoms with Gasteiger partial charge in [0, 0.05) is 12.1 Å². The number of hydrogen-bond donors (Lipinski definition) is 2. The van der Waals surface area contributed by atoms with Crippen LogP contribution in [0.5, 0.6) is 0 Å². The first-order valence-electron chi connectivity index (χ1n) is 7.27. The Balaban J connectivity index is 1.64. The van der Waals surface area contributed by atoms with Crippen molar-refractivity contribution in [3.05, 3.63) is 0 Å². The summed E-state index contributed by atoms with van der Waals surface area (Å²) in [6.07, 6.45) is 16.9. The van der Waals surface area contributed by atoms with Crippen LogP contribution in [0.3, 0.4) is 0 Å². The van der Waals surface area contributed by atoms with Crippen LogP contribution >= 0.6 is 7.77 Å². The molecular formula is C14H27NOP+. The van der Waals surface area contributed by atoms with E-state index in [0.29, 0.717) is 0 Å². The first-order valence-corrected chi connectivity index (χ1v) is 8.93. The highest BCUT2D eigenvalue weighted by Crippen LogP contribution is 2.32. The van der Waals surface area contributed by atoms with Gasteiger partial charge in [-0.3, -0.25) is 0 Å². The van der Waals surface area contributed by atoms with Gasteiger partial charge in [-0.05, 0) is 44.4 Å². The summed E-state index contributed by atoms with van der Waals surface area (Å²) >= 11 is 0. The zero-order valence-electron chi connectivity index (χ0n) is 10.9. The number of nitrogens with one attached hydrogen (secondary N) is 1. The van der Waals surface area contributed by atoms with Gasteiger partial charge in [0.2, 0.25) is 7.77 Å². The largest absolute Gasteiger partial charge is 0.311 e. The molecule has 0 bridgehead atoms. The fourth-order valence-corrected chi connectivity index (χ4v) is 4.09. The second-order valence-electron chi connectivity index (χ2n) is 5.90. The standard InChI is InChI=1S/C14H27NOP/c1-17(16)10-9-12-7-8-14(11-12)15-13-5-3-2-4-6-13/h12-16H,1-11H2/q+1. The monoisotopic (exact) mass is 256 g/mol. The minimum absolute atomic E-state index is 0.762. The first-order chi connectivity index (χ1) is 8.24. The predicted octanol–water partition coefficient (Wildman–Crippen LogP) is 3.29. The van der Waals surface area contributed by atoms with E-state index in [9.17, 15) is 4.89 Å². The van der Waals surface area contributed by atoms with Gasteiger partial charge in [0.05, 0.1) is 0 Å². The molecule has 0 saturated heterocycles. The van der Waals surface area contributed by atoms with Crippen LogP contribution in [0.25, 0.3) is 0 Å². The smallest absolute Gasteiger partial charge is 0.243 e. The van der Waals surface area contributed by atoms with Gasteiger partial charge in [-0.1, -0.05) is 19.3 Å². The van der Waals surface area contributed by atoms with E-state index in [-0.39, 0.29) is 0 Å². The van der Waals surface area contributed by atoms with Crippen molar-refractivity contribution >= 4 is 14.1 Å². The molecule has 2 nitrogen and oxygen atoms in total. The summed E-state index contributed by atoms with van der Waals surface area (Å²) in [7, 11) is -0.918. The van der Waals surface area contributed by atoms with Gasteiger partial charge in [-0.2, -0.15) is 4.89 Å². The molecule has 0 heterocycles. The van der Waals surface area contributed by atoms with Crippen LogP contribution in [-0.2, 0) is 0 Å².